The van der Waals surface area contributed by atoms with Crippen LogP contribution in [0.1, 0.15) is 158 Å². The van der Waals surface area contributed by atoms with E-state index in [9.17, 15) is 54.2 Å². The van der Waals surface area contributed by atoms with Gasteiger partial charge in [0.05, 0.1) is 24.3 Å². The molecule has 507 valence electrons. The van der Waals surface area contributed by atoms with Crippen molar-refractivity contribution in [1.29, 1.82) is 16.2 Å². The van der Waals surface area contributed by atoms with Gasteiger partial charge in [-0.05, 0) is 145 Å². The van der Waals surface area contributed by atoms with Crippen LogP contribution >= 0.6 is 7.82 Å². The Hall–Kier alpha value is -6.49. The Morgan fingerprint density at radius 1 is 0.859 bits per heavy atom. The van der Waals surface area contributed by atoms with Gasteiger partial charge in [-0.25, -0.2) is 9.55 Å². The number of carbonyl (C=O) groups is 4. The molecule has 6 aliphatic rings. The van der Waals surface area contributed by atoms with Gasteiger partial charge < -0.3 is 79.2 Å². The van der Waals surface area contributed by atoms with Gasteiger partial charge in [0.15, 0.2) is 11.0 Å². The van der Waals surface area contributed by atoms with E-state index >= 15 is 0 Å². The summed E-state index contributed by atoms with van der Waals surface area (Å²) in [7, 11) is -5.07. The number of hydrogen-bond acceptors (Lipinski definition) is 20. The molecule has 1 aromatic carbocycles. The summed E-state index contributed by atoms with van der Waals surface area (Å²) in [4.78, 5) is 86.0. The van der Waals surface area contributed by atoms with Gasteiger partial charge in [0, 0.05) is 112 Å². The molecule has 92 heavy (non-hydrogen) atoms. The number of imidazole rings is 1. The number of amides is 4. The summed E-state index contributed by atoms with van der Waals surface area (Å²) >= 11 is 0. The minimum absolute atomic E-state index is 0. The quantitative estimate of drug-likeness (QED) is 0.0279. The van der Waals surface area contributed by atoms with Gasteiger partial charge >= 0.3 is 24.6 Å². The fourth-order valence-electron chi connectivity index (χ4n) is 15.5. The summed E-state index contributed by atoms with van der Waals surface area (Å²) < 4.78 is 32.3. The largest absolute Gasteiger partial charge is 2.00 e. The molecule has 0 spiro atoms. The first-order chi connectivity index (χ1) is 41.8. The second-order valence-electron chi connectivity index (χ2n) is 27.0. The first-order valence-corrected chi connectivity index (χ1v) is 32.0. The average Bonchev–Trinajstić information content (AvgIpc) is 1.53. The van der Waals surface area contributed by atoms with Crippen molar-refractivity contribution in [2.75, 3.05) is 13.2 Å². The Morgan fingerprint density at radius 3 is 2.02 bits per heavy atom. The number of aliphatic hydroxyl groups is 2. The Kier molecular flexibility index (Phi) is 22.6. The number of aliphatic imine (C=N–C) groups is 3. The van der Waals surface area contributed by atoms with Crippen LogP contribution in [0.5, 0.6) is 0 Å². The predicted octanol–water partition coefficient (Wildman–Crippen LogP) is 2.77. The number of aliphatic hydroxyl groups excluding tert-OH is 2. The topological polar surface area (TPSA) is 473 Å². The van der Waals surface area contributed by atoms with E-state index in [0.717, 1.165) is 16.6 Å². The summed E-state index contributed by atoms with van der Waals surface area (Å²) in [6.07, 6.45) is -4.86. The number of nitrogens with two attached hydrogens (primary N) is 3. The predicted molar refractivity (Wildman–Crippen MR) is 335 cm³/mol. The number of rotatable bonds is 26. The SMILES string of the molecule is C.C/C1=C2/N=C(C=C3N/C(=C(\C)C4=N[C@@](C)([C@@H]5N=C1[C@](C)(CCC(=O)NC[C@@H](C)OP(=O)(O)O[C@H]1[C@@H](O)[C@@H]([n+]6c[nH]c7cc(C)c(C)cc76)O[C@@H]1CO)[C@H]5CC(N)=O)[C@@](C)(CC(N)=O)[C@@H]4CCC(=N)[O-])[C@@](C)(CC(N)=O)[C@@H]3CCC(=N)[O-])C(C)(C)[C@@H]2CCC(=N)[O-].[Co+2]. The smallest absolute Gasteiger partial charge is 0.862 e. The van der Waals surface area contributed by atoms with Crippen LogP contribution in [0.25, 0.3) is 11.0 Å². The summed E-state index contributed by atoms with van der Waals surface area (Å²) in [6.45, 7) is 19.0. The minimum Gasteiger partial charge on any atom is -0.862 e. The Labute approximate surface area is 547 Å². The van der Waals surface area contributed by atoms with E-state index in [0.29, 0.717) is 50.9 Å². The van der Waals surface area contributed by atoms with Crippen LogP contribution in [0.2, 0.25) is 0 Å². The summed E-state index contributed by atoms with van der Waals surface area (Å²) in [6, 6.07) is 2.74. The van der Waals surface area contributed by atoms with Crippen LogP contribution in [0.15, 0.2) is 67.8 Å². The van der Waals surface area contributed by atoms with E-state index in [1.54, 1.807) is 38.6 Å². The second kappa shape index (κ2) is 27.8. The molecule has 2 fully saturated rings. The van der Waals surface area contributed by atoms with E-state index in [4.69, 9.17) is 62.2 Å². The molecule has 1 aromatic heterocycles. The molecule has 2 saturated heterocycles. The third-order valence-corrected chi connectivity index (χ3v) is 21.7. The summed E-state index contributed by atoms with van der Waals surface area (Å²) in [5, 5.41) is 90.2. The standard InChI is InChI=1S/C62H90N13O14P.CH4.Co/c1-29-20-39-40(21-30(29)2)75(28-70-39)57-52(84)53(41(27-76)87-57)89-90(85,86)88-31(3)26-69-49(83)18-19-59(8)37(22-46(66)80)56-62(11)61(10,25-48(68)82)36(14-17-45(65)79)51(74-62)33(5)55-60(9,24-47(67)81)34(12-15-43(63)77)38(71-55)23-42-58(6,7)35(13-16-44(64)78)50(72-42)32(4)54(59)73-56;;/h20-21,23,28,31,34-37,41,52-53,56-57,76,84H,12-19,22,24-27H2,1-11H3,(H15,63,64,65,66,67,68,69,71,72,73,74,77,78,79,80,81,82,83,85,86);1H4;/q;;+2/p-2/t31-,34-,35-,36-,37+,41-,52-,53-,56-,57+,59-,60+,61+,62+;;/m1../s1. The monoisotopic (exact) mass is 1340 g/mol. The van der Waals surface area contributed by atoms with Crippen molar-refractivity contribution in [3.8, 4) is 0 Å². The van der Waals surface area contributed by atoms with Gasteiger partial charge in [-0.2, -0.15) is 4.57 Å². The van der Waals surface area contributed by atoms with Crippen molar-refractivity contribution in [2.24, 2.45) is 77.5 Å². The molecule has 8 rings (SSSR count). The van der Waals surface area contributed by atoms with E-state index in [1.165, 1.54) is 6.92 Å². The first kappa shape index (κ1) is 74.5. The maximum Gasteiger partial charge on any atom is 2.00 e. The molecule has 1 unspecified atom stereocenters. The number of aryl methyl sites for hydroxylation is 2. The molecule has 0 aliphatic carbocycles. The molecule has 27 nitrogen and oxygen atoms in total. The molecule has 0 saturated carbocycles. The van der Waals surface area contributed by atoms with Crippen LogP contribution in [-0.2, 0) is 54.3 Å². The van der Waals surface area contributed by atoms with Crippen LogP contribution in [-0.4, -0.2) is 128 Å². The van der Waals surface area contributed by atoms with E-state index in [2.05, 4.69) is 15.6 Å². The minimum atomic E-state index is -5.07. The number of benzene rings is 1. The van der Waals surface area contributed by atoms with E-state index in [-0.39, 0.29) is 101 Å². The second-order valence-corrected chi connectivity index (χ2v) is 28.4. The van der Waals surface area contributed by atoms with E-state index < -0.39 is 143 Å². The van der Waals surface area contributed by atoms with Crippen molar-refractivity contribution < 1.29 is 89.3 Å². The maximum absolute atomic E-state index is 14.4. The number of phosphoric acid groups is 1. The van der Waals surface area contributed by atoms with Crippen molar-refractivity contribution in [3.63, 3.8) is 0 Å². The molecule has 15 N–H and O–H groups in total. The zero-order valence-electron chi connectivity index (χ0n) is 53.4. The summed E-state index contributed by atoms with van der Waals surface area (Å²) in [5.41, 5.74) is 19.4. The zero-order chi connectivity index (χ0) is 66.7. The number of hydrogen-bond donors (Lipinski definition) is 12. The number of aromatic nitrogens is 2. The normalized spacial score (nSPS) is 32.9. The van der Waals surface area contributed by atoms with Crippen LogP contribution in [0, 0.1) is 75.4 Å². The van der Waals surface area contributed by atoms with Gasteiger partial charge in [0.1, 0.15) is 18.3 Å². The van der Waals surface area contributed by atoms with Crippen molar-refractivity contribution >= 4 is 77.3 Å². The van der Waals surface area contributed by atoms with Gasteiger partial charge in [0.2, 0.25) is 36.2 Å². The van der Waals surface area contributed by atoms with Crippen molar-refractivity contribution in [1.82, 2.24) is 15.6 Å². The molecule has 8 bridgehead atoms. The zero-order valence-corrected chi connectivity index (χ0v) is 55.3. The number of phosphoric ester groups is 1. The molecule has 6 aliphatic heterocycles. The molecular formula is C63H92CoN13O14P. The number of fused-ring (bicyclic) bond motifs is 7. The molecule has 29 heteroatoms. The number of allylic oxidation sites excluding steroid dienone is 6. The fourth-order valence-corrected chi connectivity index (χ4v) is 16.6. The average molecular weight is 1350 g/mol. The third kappa shape index (κ3) is 14.1. The van der Waals surface area contributed by atoms with Gasteiger partial charge in [-0.3, -0.25) is 43.2 Å². The van der Waals surface area contributed by atoms with Gasteiger partial charge in [-0.1, -0.05) is 42.0 Å². The number of H-pyrrole nitrogens is 1. The molecule has 4 amide bonds. The Bertz CT molecular complexity index is 3540. The number of ether oxygens (including phenoxy) is 1. The van der Waals surface area contributed by atoms with Crippen LogP contribution in [0.4, 0.5) is 0 Å². The molecule has 1 radical (unpaired) electrons. The number of nitrogens with one attached hydrogen (secondary N) is 6. The van der Waals surface area contributed by atoms with Crippen LogP contribution in [0.3, 0.4) is 0 Å². The van der Waals surface area contributed by atoms with Gasteiger partial charge in [-0.15, -0.1) is 0 Å². The number of carbonyl (C=O) groups excluding carboxylic acids is 4. The number of nitrogens with zero attached hydrogens (tertiary/aromatic N) is 4. The Balaban J connectivity index is 0.00000672. The fraction of sp³-hybridized carbons (Fsp3) is 0.635. The first-order valence-electron chi connectivity index (χ1n) is 30.5. The molecule has 15 atom stereocenters. The summed E-state index contributed by atoms with van der Waals surface area (Å²) in [5.74, 6) is -8.24. The van der Waals surface area contributed by atoms with Crippen molar-refractivity contribution in [3.05, 3.63) is 63.9 Å². The maximum atomic E-state index is 14.4. The molecule has 2 aromatic rings. The number of aromatic amines is 1. The number of primary amides is 3. The van der Waals surface area contributed by atoms with Crippen molar-refractivity contribution in [2.45, 2.75) is 196 Å². The van der Waals surface area contributed by atoms with Gasteiger partial charge in [0.25, 0.3) is 0 Å². The molecule has 7 heterocycles. The van der Waals surface area contributed by atoms with Crippen LogP contribution < -0.4 is 47.7 Å². The Morgan fingerprint density at radius 2 is 1.45 bits per heavy atom. The molecular weight excluding hydrogens is 1250 g/mol. The van der Waals surface area contributed by atoms with E-state index in [1.807, 2.05) is 59.8 Å². The third-order valence-electron chi connectivity index (χ3n) is 20.6.